The van der Waals surface area contributed by atoms with Gasteiger partial charge in [-0.1, -0.05) is 6.42 Å². The van der Waals surface area contributed by atoms with E-state index in [0.717, 1.165) is 32.1 Å². The molecule has 1 nitrogen and oxygen atoms in total. The van der Waals surface area contributed by atoms with E-state index in [1.807, 2.05) is 0 Å². The molecule has 2 fully saturated rings. The molecule has 0 saturated heterocycles. The summed E-state index contributed by atoms with van der Waals surface area (Å²) in [5.74, 6) is 0.716. The van der Waals surface area contributed by atoms with E-state index >= 15 is 0 Å². The second kappa shape index (κ2) is 4.41. The Bertz CT molecular complexity index is 241. The summed E-state index contributed by atoms with van der Waals surface area (Å²) < 4.78 is 37.3. The summed E-state index contributed by atoms with van der Waals surface area (Å²) in [6.07, 6.45) is 1.02. The van der Waals surface area contributed by atoms with E-state index < -0.39 is 12.7 Å². The van der Waals surface area contributed by atoms with Crippen molar-refractivity contribution in [1.82, 2.24) is 4.90 Å². The van der Waals surface area contributed by atoms with Crippen molar-refractivity contribution < 1.29 is 13.2 Å². The van der Waals surface area contributed by atoms with Gasteiger partial charge in [-0.2, -0.15) is 25.8 Å². The Morgan fingerprint density at radius 3 is 2.19 bits per heavy atom. The molecule has 0 aromatic carbocycles. The zero-order valence-corrected chi connectivity index (χ0v) is 10.2. The molecule has 2 saturated carbocycles. The summed E-state index contributed by atoms with van der Waals surface area (Å²) in [5.41, 5.74) is 0.0664. The molecular weight excluding hydrogens is 235 g/mol. The van der Waals surface area contributed by atoms with Crippen molar-refractivity contribution >= 4 is 12.6 Å². The van der Waals surface area contributed by atoms with Crippen LogP contribution in [-0.4, -0.2) is 36.0 Å². The first-order valence-electron chi connectivity index (χ1n) is 5.86. The predicted octanol–water partition coefficient (Wildman–Crippen LogP) is 3.11. The zero-order chi connectivity index (χ0) is 11.8. The molecule has 0 radical (unpaired) electrons. The lowest BCUT2D eigenvalue weighted by Gasteiger charge is -2.44. The van der Waals surface area contributed by atoms with Crippen LogP contribution in [0.3, 0.4) is 0 Å². The SMILES string of the molecule is FC(F)(F)CN(CC1(CS)CCC1)C1CC1. The molecule has 0 aliphatic heterocycles. The third-order valence-corrected chi connectivity index (χ3v) is 4.40. The molecule has 5 heteroatoms. The second-order valence-corrected chi connectivity index (χ2v) is 5.58. The lowest BCUT2D eigenvalue weighted by molar-refractivity contribution is -0.151. The number of halogens is 3. The van der Waals surface area contributed by atoms with Gasteiger partial charge < -0.3 is 0 Å². The number of rotatable bonds is 5. The molecule has 94 valence electrons. The van der Waals surface area contributed by atoms with E-state index in [1.54, 1.807) is 4.90 Å². The number of hydrogen-bond donors (Lipinski definition) is 1. The minimum Gasteiger partial charge on any atom is -0.291 e. The lowest BCUT2D eigenvalue weighted by Crippen LogP contribution is -2.47. The molecule has 0 amide bonds. The Labute approximate surface area is 99.8 Å². The highest BCUT2D eigenvalue weighted by Crippen LogP contribution is 2.44. The van der Waals surface area contributed by atoms with E-state index in [-0.39, 0.29) is 11.5 Å². The largest absolute Gasteiger partial charge is 0.401 e. The fourth-order valence-electron chi connectivity index (χ4n) is 2.46. The molecule has 0 aromatic rings. The zero-order valence-electron chi connectivity index (χ0n) is 9.26. The fourth-order valence-corrected chi connectivity index (χ4v) is 2.87. The molecule has 16 heavy (non-hydrogen) atoms. The maximum atomic E-state index is 12.4. The Hall–Kier alpha value is 0.100. The molecule has 0 bridgehead atoms. The summed E-state index contributed by atoms with van der Waals surface area (Å²) in [6.45, 7) is -0.159. The third-order valence-electron chi connectivity index (χ3n) is 3.73. The van der Waals surface area contributed by atoms with E-state index in [4.69, 9.17) is 0 Å². The van der Waals surface area contributed by atoms with Gasteiger partial charge in [0.15, 0.2) is 0 Å². The molecule has 0 N–H and O–H groups in total. The molecule has 0 aromatic heterocycles. The van der Waals surface area contributed by atoms with Gasteiger partial charge in [0.2, 0.25) is 0 Å². The maximum absolute atomic E-state index is 12.4. The smallest absolute Gasteiger partial charge is 0.291 e. The predicted molar refractivity (Wildman–Crippen MR) is 60.8 cm³/mol. The highest BCUT2D eigenvalue weighted by molar-refractivity contribution is 7.80. The molecule has 2 aliphatic carbocycles. The van der Waals surface area contributed by atoms with E-state index in [0.29, 0.717) is 12.3 Å². The molecule has 0 unspecified atom stereocenters. The highest BCUT2D eigenvalue weighted by Gasteiger charge is 2.44. The monoisotopic (exact) mass is 253 g/mol. The van der Waals surface area contributed by atoms with Crippen LogP contribution in [0.4, 0.5) is 13.2 Å². The van der Waals surface area contributed by atoms with Crippen molar-refractivity contribution in [3.8, 4) is 0 Å². The quantitative estimate of drug-likeness (QED) is 0.737. The van der Waals surface area contributed by atoms with Crippen LogP contribution < -0.4 is 0 Å². The maximum Gasteiger partial charge on any atom is 0.401 e. The highest BCUT2D eigenvalue weighted by atomic mass is 32.1. The second-order valence-electron chi connectivity index (χ2n) is 5.26. The first-order valence-corrected chi connectivity index (χ1v) is 6.49. The van der Waals surface area contributed by atoms with Crippen molar-refractivity contribution in [2.24, 2.45) is 5.41 Å². The van der Waals surface area contributed by atoms with E-state index in [9.17, 15) is 13.2 Å². The van der Waals surface area contributed by atoms with Crippen molar-refractivity contribution in [2.75, 3.05) is 18.8 Å². The lowest BCUT2D eigenvalue weighted by atomic mass is 9.70. The van der Waals surface area contributed by atoms with Crippen LogP contribution in [0.1, 0.15) is 32.1 Å². The van der Waals surface area contributed by atoms with Crippen LogP contribution in [0, 0.1) is 5.41 Å². The van der Waals surface area contributed by atoms with Gasteiger partial charge in [0.25, 0.3) is 0 Å². The number of alkyl halides is 3. The standard InChI is InChI=1S/C11H18F3NS/c12-11(13,14)7-15(9-2-3-9)6-10(8-16)4-1-5-10/h9,16H,1-8H2. The Balaban J connectivity index is 1.92. The topological polar surface area (TPSA) is 3.24 Å². The van der Waals surface area contributed by atoms with Crippen LogP contribution >= 0.6 is 12.6 Å². The molecular formula is C11H18F3NS. The van der Waals surface area contributed by atoms with Gasteiger partial charge in [0.05, 0.1) is 6.54 Å². The van der Waals surface area contributed by atoms with Gasteiger partial charge in [-0.3, -0.25) is 4.90 Å². The van der Waals surface area contributed by atoms with Crippen LogP contribution in [0.2, 0.25) is 0 Å². The Morgan fingerprint density at radius 2 is 1.88 bits per heavy atom. The fraction of sp³-hybridized carbons (Fsp3) is 1.00. The Morgan fingerprint density at radius 1 is 1.25 bits per heavy atom. The first-order chi connectivity index (χ1) is 7.44. The van der Waals surface area contributed by atoms with Crippen LogP contribution in [0.15, 0.2) is 0 Å². The van der Waals surface area contributed by atoms with Crippen molar-refractivity contribution in [2.45, 2.75) is 44.3 Å². The minimum absolute atomic E-state index is 0.0664. The number of thiol groups is 1. The van der Waals surface area contributed by atoms with Crippen molar-refractivity contribution in [3.63, 3.8) is 0 Å². The summed E-state index contributed by atoms with van der Waals surface area (Å²) in [5, 5.41) is 0. The molecule has 2 aliphatic rings. The normalized spacial score (nSPS) is 24.6. The van der Waals surface area contributed by atoms with Gasteiger partial charge in [-0.05, 0) is 36.9 Å². The average molecular weight is 253 g/mol. The Kier molecular flexibility index (Phi) is 3.46. The van der Waals surface area contributed by atoms with Gasteiger partial charge >= 0.3 is 6.18 Å². The van der Waals surface area contributed by atoms with E-state index in [1.165, 1.54) is 0 Å². The average Bonchev–Trinajstić information content (AvgIpc) is 2.90. The molecule has 0 heterocycles. The first kappa shape index (κ1) is 12.6. The number of nitrogens with zero attached hydrogens (tertiary/aromatic N) is 1. The number of hydrogen-bond acceptors (Lipinski definition) is 2. The summed E-state index contributed by atoms with van der Waals surface area (Å²) in [4.78, 5) is 1.63. The van der Waals surface area contributed by atoms with Crippen molar-refractivity contribution in [1.29, 1.82) is 0 Å². The van der Waals surface area contributed by atoms with Gasteiger partial charge in [-0.25, -0.2) is 0 Å². The summed E-state index contributed by atoms with van der Waals surface area (Å²) >= 11 is 4.30. The van der Waals surface area contributed by atoms with Gasteiger partial charge in [-0.15, -0.1) is 0 Å². The van der Waals surface area contributed by atoms with Gasteiger partial charge in [0, 0.05) is 12.6 Å². The van der Waals surface area contributed by atoms with Crippen molar-refractivity contribution in [3.05, 3.63) is 0 Å². The van der Waals surface area contributed by atoms with Crippen LogP contribution in [-0.2, 0) is 0 Å². The molecule has 2 rings (SSSR count). The minimum atomic E-state index is -4.07. The van der Waals surface area contributed by atoms with Crippen LogP contribution in [0.25, 0.3) is 0 Å². The summed E-state index contributed by atoms with van der Waals surface area (Å²) in [7, 11) is 0. The van der Waals surface area contributed by atoms with E-state index in [2.05, 4.69) is 12.6 Å². The third kappa shape index (κ3) is 3.06. The van der Waals surface area contributed by atoms with Crippen LogP contribution in [0.5, 0.6) is 0 Å². The molecule has 0 spiro atoms. The summed E-state index contributed by atoms with van der Waals surface area (Å²) in [6, 6.07) is 0.180. The van der Waals surface area contributed by atoms with Gasteiger partial charge in [0.1, 0.15) is 0 Å². The molecule has 0 atom stereocenters.